The molecule has 12 nitrogen and oxygen atoms in total. The summed E-state index contributed by atoms with van der Waals surface area (Å²) in [4.78, 5) is 65.5. The number of non-ortho nitro benzene ring substituents is 1. The molecule has 218 valence electrons. The molecule has 3 amide bonds. The number of thioether (sulfide) groups is 1. The van der Waals surface area contributed by atoms with Gasteiger partial charge >= 0.3 is 4.87 Å². The molecular formula is C29H22N4O8S2. The van der Waals surface area contributed by atoms with Gasteiger partial charge in [-0.05, 0) is 42.5 Å². The van der Waals surface area contributed by atoms with E-state index in [0.29, 0.717) is 26.9 Å². The van der Waals surface area contributed by atoms with Gasteiger partial charge in [0.2, 0.25) is 17.7 Å². The number of nitrogens with zero attached hydrogens (tertiary/aromatic N) is 3. The highest BCUT2D eigenvalue weighted by Crippen LogP contribution is 2.55. The van der Waals surface area contributed by atoms with Crippen molar-refractivity contribution in [3.8, 4) is 11.5 Å². The van der Waals surface area contributed by atoms with Crippen molar-refractivity contribution in [2.45, 2.75) is 22.7 Å². The number of rotatable bonds is 7. The second-order valence-electron chi connectivity index (χ2n) is 9.79. The van der Waals surface area contributed by atoms with Gasteiger partial charge in [-0.25, -0.2) is 4.90 Å². The average molecular weight is 619 g/mol. The van der Waals surface area contributed by atoms with Crippen molar-refractivity contribution in [2.75, 3.05) is 17.3 Å². The van der Waals surface area contributed by atoms with Crippen LogP contribution in [0.4, 0.5) is 17.1 Å². The van der Waals surface area contributed by atoms with Gasteiger partial charge < -0.3 is 15.2 Å². The van der Waals surface area contributed by atoms with Crippen LogP contribution in [0, 0.1) is 16.0 Å². The fourth-order valence-corrected chi connectivity index (χ4v) is 8.10. The van der Waals surface area contributed by atoms with Gasteiger partial charge in [0.05, 0.1) is 28.7 Å². The van der Waals surface area contributed by atoms with E-state index < -0.39 is 44.6 Å². The molecule has 0 radical (unpaired) electrons. The molecule has 2 aliphatic rings. The molecule has 0 bridgehead atoms. The predicted molar refractivity (Wildman–Crippen MR) is 159 cm³/mol. The number of para-hydroxylation sites is 1. The van der Waals surface area contributed by atoms with Crippen LogP contribution in [-0.2, 0) is 20.9 Å². The Labute approximate surface area is 251 Å². The number of fused-ring (bicyclic) bond motifs is 2. The van der Waals surface area contributed by atoms with Crippen molar-refractivity contribution < 1.29 is 29.2 Å². The number of anilines is 2. The van der Waals surface area contributed by atoms with Gasteiger partial charge in [0, 0.05) is 34.2 Å². The molecule has 2 aliphatic heterocycles. The molecule has 3 aromatic carbocycles. The van der Waals surface area contributed by atoms with Gasteiger partial charge in [-0.2, -0.15) is 0 Å². The van der Waals surface area contributed by atoms with E-state index in [0.717, 1.165) is 28.0 Å². The van der Waals surface area contributed by atoms with Crippen LogP contribution in [0.5, 0.6) is 11.5 Å². The Bertz CT molecular complexity index is 1830. The summed E-state index contributed by atoms with van der Waals surface area (Å²) in [5.74, 6) is -2.92. The number of nitrogens with one attached hydrogen (secondary N) is 1. The van der Waals surface area contributed by atoms with Crippen LogP contribution in [0.2, 0.25) is 0 Å². The van der Waals surface area contributed by atoms with E-state index in [1.54, 1.807) is 42.5 Å². The van der Waals surface area contributed by atoms with Crippen LogP contribution >= 0.6 is 23.1 Å². The first-order chi connectivity index (χ1) is 20.7. The van der Waals surface area contributed by atoms with Crippen LogP contribution in [0.3, 0.4) is 0 Å². The molecule has 0 unspecified atom stereocenters. The number of carbonyl (C=O) groups is 3. The van der Waals surface area contributed by atoms with Crippen LogP contribution in [0.25, 0.3) is 0 Å². The highest BCUT2D eigenvalue weighted by Gasteiger charge is 2.57. The number of nitro groups is 1. The van der Waals surface area contributed by atoms with Crippen LogP contribution in [0.15, 0.2) is 82.6 Å². The number of thiazole rings is 1. The maximum atomic E-state index is 13.9. The lowest BCUT2D eigenvalue weighted by atomic mass is 9.82. The number of amides is 3. The quantitative estimate of drug-likeness (QED) is 0.177. The fourth-order valence-electron chi connectivity index (χ4n) is 5.34. The van der Waals surface area contributed by atoms with Crippen molar-refractivity contribution in [2.24, 2.45) is 5.92 Å². The smallest absolute Gasteiger partial charge is 0.308 e. The number of ether oxygens (including phenoxy) is 1. The summed E-state index contributed by atoms with van der Waals surface area (Å²) in [6, 6.07) is 18.2. The lowest BCUT2D eigenvalue weighted by Crippen LogP contribution is -2.33. The number of carbonyl (C=O) groups excluding carboxylic acids is 3. The number of aromatic nitrogens is 1. The van der Waals surface area contributed by atoms with Gasteiger partial charge in [0.1, 0.15) is 23.3 Å². The van der Waals surface area contributed by atoms with Crippen molar-refractivity contribution >= 4 is 57.9 Å². The van der Waals surface area contributed by atoms with E-state index in [9.17, 15) is 34.4 Å². The molecule has 0 aliphatic carbocycles. The summed E-state index contributed by atoms with van der Waals surface area (Å²) in [6.45, 7) is -0.344. The minimum Gasteiger partial charge on any atom is -0.508 e. The second-order valence-corrected chi connectivity index (χ2v) is 11.9. The molecule has 0 spiro atoms. The third-order valence-corrected chi connectivity index (χ3v) is 9.92. The van der Waals surface area contributed by atoms with Gasteiger partial charge in [0.15, 0.2) is 0 Å². The lowest BCUT2D eigenvalue weighted by Gasteiger charge is -2.31. The van der Waals surface area contributed by atoms with E-state index in [2.05, 4.69) is 5.32 Å². The number of aromatic hydroxyl groups is 1. The Morgan fingerprint density at radius 2 is 1.72 bits per heavy atom. The van der Waals surface area contributed by atoms with Crippen molar-refractivity contribution in [3.63, 3.8) is 0 Å². The van der Waals surface area contributed by atoms with E-state index >= 15 is 0 Å². The van der Waals surface area contributed by atoms with E-state index in [-0.39, 0.29) is 23.7 Å². The third kappa shape index (κ3) is 4.93. The molecule has 0 saturated carbocycles. The van der Waals surface area contributed by atoms with Crippen LogP contribution < -0.4 is 19.8 Å². The summed E-state index contributed by atoms with van der Waals surface area (Å²) in [5.41, 5.74) is 0.840. The van der Waals surface area contributed by atoms with Gasteiger partial charge in [-0.15, -0.1) is 0 Å². The largest absolute Gasteiger partial charge is 0.508 e. The Morgan fingerprint density at radius 1 is 1.02 bits per heavy atom. The first-order valence-electron chi connectivity index (χ1n) is 12.9. The molecule has 3 heterocycles. The Kier molecular flexibility index (Phi) is 7.23. The van der Waals surface area contributed by atoms with Crippen molar-refractivity contribution in [1.29, 1.82) is 0 Å². The standard InChI is InChI=1S/C29H22N4O8S2/c1-41-18-12-6-15(7-13-18)30-21(35)14-31-28-25(43-29(31)38)22(19-4-2-3-5-20(19)34)23-24(42-28)27(37)32(26(23)36)16-8-10-17(11-9-16)33(39)40/h2-13,22-24,34H,14H2,1H3,(H,30,35)/t22-,23+,24-/m0/s1. The molecule has 3 atom stereocenters. The topological polar surface area (TPSA) is 161 Å². The maximum absolute atomic E-state index is 13.9. The molecule has 1 fully saturated rings. The zero-order chi connectivity index (χ0) is 30.4. The van der Waals surface area contributed by atoms with Crippen molar-refractivity contribution in [1.82, 2.24) is 4.57 Å². The summed E-state index contributed by atoms with van der Waals surface area (Å²) in [5, 5.41) is 24.1. The zero-order valence-corrected chi connectivity index (χ0v) is 24.0. The monoisotopic (exact) mass is 618 g/mol. The Morgan fingerprint density at radius 3 is 2.37 bits per heavy atom. The van der Waals surface area contributed by atoms with Crippen LogP contribution in [-0.4, -0.2) is 44.7 Å². The van der Waals surface area contributed by atoms with Crippen LogP contribution in [0.1, 0.15) is 16.4 Å². The number of benzene rings is 3. The highest BCUT2D eigenvalue weighted by molar-refractivity contribution is 8.00. The number of hydrogen-bond donors (Lipinski definition) is 2. The van der Waals surface area contributed by atoms with E-state index in [4.69, 9.17) is 4.74 Å². The Balaban J connectivity index is 1.38. The molecule has 43 heavy (non-hydrogen) atoms. The Hall–Kier alpha value is -4.95. The summed E-state index contributed by atoms with van der Waals surface area (Å²) >= 11 is 1.88. The van der Waals surface area contributed by atoms with E-state index in [1.807, 2.05) is 0 Å². The zero-order valence-electron chi connectivity index (χ0n) is 22.3. The molecule has 14 heteroatoms. The SMILES string of the molecule is COc1ccc(NC(=O)Cn2c3c(sc2=O)[C@@H](c2ccccc2O)[C@H]2C(=O)N(c4ccc([N+](=O)[O-])cc4)C(=O)[C@H]2S3)cc1. The molecular weight excluding hydrogens is 596 g/mol. The first kappa shape index (κ1) is 28.2. The molecule has 1 aromatic heterocycles. The predicted octanol–water partition coefficient (Wildman–Crippen LogP) is 3.97. The number of hydrogen-bond acceptors (Lipinski definition) is 10. The first-order valence-corrected chi connectivity index (χ1v) is 14.6. The van der Waals surface area contributed by atoms with Gasteiger partial charge in [0.25, 0.3) is 5.69 Å². The molecule has 4 aromatic rings. The molecule has 2 N–H and O–H groups in total. The van der Waals surface area contributed by atoms with Gasteiger partial charge in [-0.1, -0.05) is 41.3 Å². The number of imide groups is 1. The normalized spacial score (nSPS) is 19.1. The average Bonchev–Trinajstić information content (AvgIpc) is 3.44. The van der Waals surface area contributed by atoms with E-state index in [1.165, 1.54) is 42.0 Å². The number of methoxy groups -OCH3 is 1. The number of phenolic OH excluding ortho intramolecular Hbond substituents is 1. The molecule has 6 rings (SSSR count). The summed E-state index contributed by atoms with van der Waals surface area (Å²) < 4.78 is 6.41. The van der Waals surface area contributed by atoms with Gasteiger partial charge in [-0.3, -0.25) is 33.9 Å². The number of phenols is 1. The maximum Gasteiger partial charge on any atom is 0.308 e. The minimum atomic E-state index is -0.982. The molecule has 1 saturated heterocycles. The fraction of sp³-hybridized carbons (Fsp3) is 0.172. The minimum absolute atomic E-state index is 0.109. The summed E-state index contributed by atoms with van der Waals surface area (Å²) in [6.07, 6.45) is 0. The third-order valence-electron chi connectivity index (χ3n) is 7.32. The lowest BCUT2D eigenvalue weighted by molar-refractivity contribution is -0.384. The van der Waals surface area contributed by atoms with Crippen molar-refractivity contribution in [3.05, 3.63) is 103 Å². The number of nitro benzene ring substituents is 1. The highest BCUT2D eigenvalue weighted by atomic mass is 32.2. The summed E-state index contributed by atoms with van der Waals surface area (Å²) in [7, 11) is 1.53. The second kappa shape index (κ2) is 11.0.